The number of nitrogens with one attached hydrogen (secondary N) is 1. The lowest BCUT2D eigenvalue weighted by Crippen LogP contribution is -2.57. The van der Waals surface area contributed by atoms with Crippen molar-refractivity contribution in [2.45, 2.75) is 70.1 Å². The van der Waals surface area contributed by atoms with Crippen molar-refractivity contribution in [3.63, 3.8) is 0 Å². The molecule has 1 N–H and O–H groups in total. The number of nitrogens with zero attached hydrogens (tertiary/aromatic N) is 3. The van der Waals surface area contributed by atoms with E-state index < -0.39 is 5.79 Å². The molecule has 2 heterocycles. The van der Waals surface area contributed by atoms with Crippen molar-refractivity contribution in [2.75, 3.05) is 60.5 Å². The molecular weight excluding hydrogens is 408 g/mol. The van der Waals surface area contributed by atoms with Gasteiger partial charge in [0.25, 0.3) is 0 Å². The van der Waals surface area contributed by atoms with Crippen molar-refractivity contribution < 1.29 is 19.1 Å². The molecule has 0 aromatic heterocycles. The first-order valence-corrected chi connectivity index (χ1v) is 12.6. The fraction of sp³-hybridized carbons (Fsp3) is 0.917. The van der Waals surface area contributed by atoms with Crippen molar-refractivity contribution in [3.05, 3.63) is 0 Å². The van der Waals surface area contributed by atoms with Crippen LogP contribution in [0.15, 0.2) is 0 Å². The van der Waals surface area contributed by atoms with Crippen LogP contribution < -0.4 is 5.32 Å². The van der Waals surface area contributed by atoms with Crippen LogP contribution in [0.2, 0.25) is 0 Å². The van der Waals surface area contributed by atoms with Gasteiger partial charge in [-0.05, 0) is 65.7 Å². The van der Waals surface area contributed by atoms with E-state index in [1.54, 1.807) is 0 Å². The third-order valence-corrected chi connectivity index (χ3v) is 7.32. The van der Waals surface area contributed by atoms with Crippen LogP contribution in [0.25, 0.3) is 0 Å². The van der Waals surface area contributed by atoms with E-state index in [0.29, 0.717) is 44.8 Å². The number of urea groups is 1. The highest BCUT2D eigenvalue weighted by Gasteiger charge is 2.49. The van der Waals surface area contributed by atoms with Gasteiger partial charge >= 0.3 is 6.03 Å². The summed E-state index contributed by atoms with van der Waals surface area (Å²) in [4.78, 5) is 32.4. The Morgan fingerprint density at radius 2 is 1.88 bits per heavy atom. The maximum atomic E-state index is 13.5. The summed E-state index contributed by atoms with van der Waals surface area (Å²) in [6.07, 6.45) is 7.34. The molecule has 1 saturated carbocycles. The minimum atomic E-state index is -0.446. The van der Waals surface area contributed by atoms with Crippen LogP contribution in [0.1, 0.15) is 58.3 Å². The Balaban J connectivity index is 1.59. The molecule has 3 aliphatic rings. The summed E-state index contributed by atoms with van der Waals surface area (Å²) in [5.41, 5.74) is 0. The number of rotatable bonds is 9. The van der Waals surface area contributed by atoms with Gasteiger partial charge in [-0.15, -0.1) is 0 Å². The summed E-state index contributed by atoms with van der Waals surface area (Å²) in [7, 11) is 6.22. The van der Waals surface area contributed by atoms with E-state index in [2.05, 4.69) is 43.2 Å². The fourth-order valence-corrected chi connectivity index (χ4v) is 5.62. The summed E-state index contributed by atoms with van der Waals surface area (Å²) in [6, 6.07) is 0.229. The highest BCUT2D eigenvalue weighted by Crippen LogP contribution is 2.45. The number of ether oxygens (including phenoxy) is 2. The smallest absolute Gasteiger partial charge is 0.324 e. The van der Waals surface area contributed by atoms with Gasteiger partial charge in [-0.1, -0.05) is 13.3 Å². The third kappa shape index (κ3) is 6.43. The molecule has 184 valence electrons. The lowest BCUT2D eigenvalue weighted by atomic mass is 9.72. The molecular formula is C24H44N4O4. The minimum absolute atomic E-state index is 0.0255. The van der Waals surface area contributed by atoms with Crippen LogP contribution in [0, 0.1) is 11.8 Å². The van der Waals surface area contributed by atoms with Crippen LogP contribution in [-0.4, -0.2) is 99.0 Å². The summed E-state index contributed by atoms with van der Waals surface area (Å²) in [5, 5.41) is 2.99. The van der Waals surface area contributed by atoms with E-state index in [4.69, 9.17) is 9.47 Å². The molecule has 3 rings (SSSR count). The maximum absolute atomic E-state index is 13.5. The Labute approximate surface area is 193 Å². The van der Waals surface area contributed by atoms with Crippen molar-refractivity contribution in [1.29, 1.82) is 0 Å². The lowest BCUT2D eigenvalue weighted by Gasteiger charge is -2.49. The number of hydrogen-bond donors (Lipinski definition) is 1. The van der Waals surface area contributed by atoms with Crippen LogP contribution in [-0.2, 0) is 14.3 Å². The monoisotopic (exact) mass is 452 g/mol. The Bertz CT molecular complexity index is 623. The zero-order chi connectivity index (χ0) is 23.1. The minimum Gasteiger partial charge on any atom is -0.348 e. The summed E-state index contributed by atoms with van der Waals surface area (Å²) < 4.78 is 12.0. The molecule has 3 atom stereocenters. The molecule has 0 unspecified atom stereocenters. The Morgan fingerprint density at radius 3 is 2.56 bits per heavy atom. The van der Waals surface area contributed by atoms with Gasteiger partial charge < -0.3 is 24.6 Å². The number of amides is 3. The van der Waals surface area contributed by atoms with Crippen molar-refractivity contribution in [1.82, 2.24) is 20.0 Å². The van der Waals surface area contributed by atoms with Crippen molar-refractivity contribution >= 4 is 11.9 Å². The van der Waals surface area contributed by atoms with Crippen LogP contribution in [0.5, 0.6) is 0 Å². The molecule has 2 aliphatic heterocycles. The molecule has 0 bridgehead atoms. The topological polar surface area (TPSA) is 74.4 Å². The number of imide groups is 1. The number of carbonyl (C=O) groups is 2. The van der Waals surface area contributed by atoms with Gasteiger partial charge in [0.15, 0.2) is 5.79 Å². The van der Waals surface area contributed by atoms with Gasteiger partial charge in [0, 0.05) is 38.5 Å². The SMILES string of the molecule is CCCCN(C(=O)NCCCCN(C)C)C(=O)[C@@H]1C[C@@H]2CC3(CC[C@H]2N(C)C1)OCCO3. The highest BCUT2D eigenvalue weighted by molar-refractivity contribution is 5.95. The number of carbonyl (C=O) groups excluding carboxylic acids is 2. The van der Waals surface area contributed by atoms with Gasteiger partial charge in [0.1, 0.15) is 0 Å². The first kappa shape index (κ1) is 25.4. The first-order chi connectivity index (χ1) is 15.3. The largest absolute Gasteiger partial charge is 0.348 e. The zero-order valence-corrected chi connectivity index (χ0v) is 20.6. The summed E-state index contributed by atoms with van der Waals surface area (Å²) in [6.45, 7) is 6.22. The molecule has 3 amide bonds. The second kappa shape index (κ2) is 11.8. The summed E-state index contributed by atoms with van der Waals surface area (Å²) in [5.74, 6) is -0.271. The maximum Gasteiger partial charge on any atom is 0.324 e. The molecule has 0 radical (unpaired) electrons. The number of hydrogen-bond acceptors (Lipinski definition) is 6. The quantitative estimate of drug-likeness (QED) is 0.542. The number of unbranched alkanes of at least 4 members (excludes halogenated alkanes) is 2. The fourth-order valence-electron chi connectivity index (χ4n) is 5.62. The number of likely N-dealkylation sites (tertiary alicyclic amines) is 1. The summed E-state index contributed by atoms with van der Waals surface area (Å²) >= 11 is 0. The highest BCUT2D eigenvalue weighted by atomic mass is 16.7. The van der Waals surface area contributed by atoms with E-state index in [1.807, 2.05) is 0 Å². The van der Waals surface area contributed by atoms with E-state index in [0.717, 1.165) is 57.9 Å². The average Bonchev–Trinajstić information content (AvgIpc) is 3.20. The Kier molecular flexibility index (Phi) is 9.34. The number of piperidine rings is 1. The normalized spacial score (nSPS) is 27.5. The Morgan fingerprint density at radius 1 is 1.12 bits per heavy atom. The number of fused-ring (bicyclic) bond motifs is 1. The van der Waals surface area contributed by atoms with Crippen molar-refractivity contribution in [3.8, 4) is 0 Å². The molecule has 1 spiro atoms. The van der Waals surface area contributed by atoms with E-state index in [-0.39, 0.29) is 17.9 Å². The van der Waals surface area contributed by atoms with Crippen LogP contribution in [0.4, 0.5) is 4.79 Å². The molecule has 32 heavy (non-hydrogen) atoms. The predicted molar refractivity (Wildman–Crippen MR) is 124 cm³/mol. The van der Waals surface area contributed by atoms with Gasteiger partial charge in [0.05, 0.1) is 19.1 Å². The standard InChI is InChI=1S/C24H44N4O4/c1-5-6-13-28(23(30)25-11-7-8-12-26(2)3)22(29)20-16-19-17-24(31-14-15-32-24)10-9-21(19)27(4)18-20/h19-21H,5-18H2,1-4H3,(H,25,30)/t19-,20-,21-/m1/s1. The predicted octanol–water partition coefficient (Wildman–Crippen LogP) is 2.53. The molecule has 8 heteroatoms. The van der Waals surface area contributed by atoms with E-state index in [1.165, 1.54) is 4.90 Å². The lowest BCUT2D eigenvalue weighted by molar-refractivity contribution is -0.202. The molecule has 0 aromatic carbocycles. The molecule has 3 fully saturated rings. The van der Waals surface area contributed by atoms with Gasteiger partial charge in [-0.2, -0.15) is 0 Å². The van der Waals surface area contributed by atoms with Gasteiger partial charge in [0.2, 0.25) is 5.91 Å². The second-order valence-corrected chi connectivity index (χ2v) is 10.1. The molecule has 1 aliphatic carbocycles. The zero-order valence-electron chi connectivity index (χ0n) is 20.6. The molecule has 2 saturated heterocycles. The van der Waals surface area contributed by atoms with Crippen LogP contribution in [0.3, 0.4) is 0 Å². The van der Waals surface area contributed by atoms with Gasteiger partial charge in [-0.3, -0.25) is 9.69 Å². The van der Waals surface area contributed by atoms with Crippen LogP contribution >= 0.6 is 0 Å². The first-order valence-electron chi connectivity index (χ1n) is 12.6. The molecule has 0 aromatic rings. The second-order valence-electron chi connectivity index (χ2n) is 10.1. The third-order valence-electron chi connectivity index (χ3n) is 7.32. The average molecular weight is 453 g/mol. The van der Waals surface area contributed by atoms with Gasteiger partial charge in [-0.25, -0.2) is 4.79 Å². The van der Waals surface area contributed by atoms with E-state index in [9.17, 15) is 9.59 Å². The van der Waals surface area contributed by atoms with E-state index >= 15 is 0 Å². The Hall–Kier alpha value is -1.22. The molecule has 8 nitrogen and oxygen atoms in total. The van der Waals surface area contributed by atoms with Crippen molar-refractivity contribution in [2.24, 2.45) is 11.8 Å².